The molecule has 186 valence electrons. The van der Waals surface area contributed by atoms with Crippen LogP contribution in [0.4, 0.5) is 18.9 Å². The van der Waals surface area contributed by atoms with Crippen molar-refractivity contribution in [3.63, 3.8) is 0 Å². The number of alkyl halides is 3. The second-order valence-corrected chi connectivity index (χ2v) is 8.50. The van der Waals surface area contributed by atoms with Crippen LogP contribution in [0.5, 0.6) is 11.5 Å². The maximum absolute atomic E-state index is 13.3. The Bertz CT molecular complexity index is 1140. The molecule has 0 radical (unpaired) electrons. The molecule has 0 spiro atoms. The molecule has 2 amide bonds. The first-order valence-corrected chi connectivity index (χ1v) is 11.0. The third kappa shape index (κ3) is 5.67. The smallest absolute Gasteiger partial charge is 0.416 e. The molecule has 3 N–H and O–H groups in total. The highest BCUT2D eigenvalue weighted by Gasteiger charge is 2.33. The maximum atomic E-state index is 13.3. The van der Waals surface area contributed by atoms with Gasteiger partial charge in [-0.1, -0.05) is 6.07 Å². The van der Waals surface area contributed by atoms with Crippen molar-refractivity contribution in [1.29, 1.82) is 0 Å². The van der Waals surface area contributed by atoms with Crippen LogP contribution in [-0.4, -0.2) is 29.7 Å². The van der Waals surface area contributed by atoms with Gasteiger partial charge in [-0.05, 0) is 61.6 Å². The lowest BCUT2D eigenvalue weighted by atomic mass is 9.81. The van der Waals surface area contributed by atoms with Crippen molar-refractivity contribution < 1.29 is 42.1 Å². The third-order valence-corrected chi connectivity index (χ3v) is 6.19. The van der Waals surface area contributed by atoms with Gasteiger partial charge in [0.1, 0.15) is 0 Å². The number of amides is 2. The number of hydrogen-bond acceptors (Lipinski definition) is 5. The topological polar surface area (TPSA) is 114 Å². The van der Waals surface area contributed by atoms with Gasteiger partial charge in [0.25, 0.3) is 5.91 Å². The molecule has 0 aromatic heterocycles. The molecule has 1 saturated carbocycles. The molecule has 2 aliphatic rings. The lowest BCUT2D eigenvalue weighted by molar-refractivity contribution is -0.143. The van der Waals surface area contributed by atoms with E-state index < -0.39 is 41.4 Å². The van der Waals surface area contributed by atoms with E-state index in [1.807, 2.05) is 0 Å². The number of nitrogens with one attached hydrogen (secondary N) is 2. The number of ether oxygens (including phenoxy) is 2. The van der Waals surface area contributed by atoms with E-state index in [0.717, 1.165) is 12.1 Å². The van der Waals surface area contributed by atoms with Gasteiger partial charge in [0.15, 0.2) is 11.5 Å². The zero-order valence-corrected chi connectivity index (χ0v) is 18.5. The van der Waals surface area contributed by atoms with E-state index in [4.69, 9.17) is 14.6 Å². The van der Waals surface area contributed by atoms with Gasteiger partial charge in [0.05, 0.1) is 22.7 Å². The summed E-state index contributed by atoms with van der Waals surface area (Å²) >= 11 is 0. The van der Waals surface area contributed by atoms with Crippen LogP contribution in [0.3, 0.4) is 0 Å². The van der Waals surface area contributed by atoms with Crippen LogP contribution >= 0.6 is 0 Å². The monoisotopic (exact) mass is 492 g/mol. The summed E-state index contributed by atoms with van der Waals surface area (Å²) in [4.78, 5) is 36.8. The maximum Gasteiger partial charge on any atom is 0.416 e. The number of carboxylic acid groups (broad SMARTS) is 1. The molecule has 11 heteroatoms. The molecular weight excluding hydrogens is 469 g/mol. The highest BCUT2D eigenvalue weighted by atomic mass is 19.4. The molecule has 0 saturated heterocycles. The summed E-state index contributed by atoms with van der Waals surface area (Å²) in [6.45, 7) is 0.0920. The van der Waals surface area contributed by atoms with Crippen LogP contribution in [0, 0.1) is 11.8 Å². The molecule has 2 aromatic carbocycles. The van der Waals surface area contributed by atoms with Crippen molar-refractivity contribution >= 4 is 23.5 Å². The highest BCUT2D eigenvalue weighted by Crippen LogP contribution is 2.34. The number of benzene rings is 2. The minimum Gasteiger partial charge on any atom is -0.481 e. The van der Waals surface area contributed by atoms with Gasteiger partial charge < -0.3 is 25.2 Å². The lowest BCUT2D eigenvalue weighted by Crippen LogP contribution is -2.31. The molecule has 1 aliphatic heterocycles. The highest BCUT2D eigenvalue weighted by molar-refractivity contribution is 6.04. The van der Waals surface area contributed by atoms with Crippen molar-refractivity contribution in [3.8, 4) is 11.5 Å². The Morgan fingerprint density at radius 1 is 0.943 bits per heavy atom. The van der Waals surface area contributed by atoms with Gasteiger partial charge in [0, 0.05) is 12.5 Å². The Hall–Kier alpha value is -3.76. The van der Waals surface area contributed by atoms with Gasteiger partial charge in [-0.2, -0.15) is 13.2 Å². The lowest BCUT2D eigenvalue weighted by Gasteiger charge is -2.25. The van der Waals surface area contributed by atoms with E-state index in [1.54, 1.807) is 18.2 Å². The molecule has 0 atom stereocenters. The number of hydrogen-bond donors (Lipinski definition) is 3. The molecule has 1 aliphatic carbocycles. The molecular formula is C24H23F3N2O6. The van der Waals surface area contributed by atoms with Gasteiger partial charge >= 0.3 is 12.1 Å². The van der Waals surface area contributed by atoms with Crippen molar-refractivity contribution in [1.82, 2.24) is 5.32 Å². The predicted molar refractivity (Wildman–Crippen MR) is 117 cm³/mol. The number of halogens is 3. The Morgan fingerprint density at radius 2 is 1.63 bits per heavy atom. The van der Waals surface area contributed by atoms with Crippen molar-refractivity contribution in [3.05, 3.63) is 53.1 Å². The summed E-state index contributed by atoms with van der Waals surface area (Å²) < 4.78 is 50.4. The number of carboxylic acids is 1. The number of anilines is 1. The van der Waals surface area contributed by atoms with Gasteiger partial charge in [-0.25, -0.2) is 0 Å². The Labute approximate surface area is 198 Å². The van der Waals surface area contributed by atoms with Crippen LogP contribution in [0.1, 0.15) is 47.2 Å². The first-order valence-electron chi connectivity index (χ1n) is 11.0. The van der Waals surface area contributed by atoms with Crippen LogP contribution in [-0.2, 0) is 22.3 Å². The summed E-state index contributed by atoms with van der Waals surface area (Å²) in [6.07, 6.45) is -3.32. The zero-order valence-electron chi connectivity index (χ0n) is 18.5. The minimum atomic E-state index is -4.68. The number of rotatable bonds is 6. The van der Waals surface area contributed by atoms with Crippen molar-refractivity contribution in [2.45, 2.75) is 38.4 Å². The van der Waals surface area contributed by atoms with E-state index in [1.165, 1.54) is 0 Å². The normalized spacial score (nSPS) is 19.2. The number of aliphatic carboxylic acids is 1. The van der Waals surface area contributed by atoms with Crippen LogP contribution < -0.4 is 20.1 Å². The molecule has 0 bridgehead atoms. The van der Waals surface area contributed by atoms with E-state index >= 15 is 0 Å². The molecule has 35 heavy (non-hydrogen) atoms. The fourth-order valence-corrected chi connectivity index (χ4v) is 4.18. The van der Waals surface area contributed by atoms with Crippen LogP contribution in [0.15, 0.2) is 36.4 Å². The van der Waals surface area contributed by atoms with E-state index in [2.05, 4.69) is 10.6 Å². The van der Waals surface area contributed by atoms with Crippen molar-refractivity contribution in [2.75, 3.05) is 12.1 Å². The van der Waals surface area contributed by atoms with E-state index in [0.29, 0.717) is 48.8 Å². The van der Waals surface area contributed by atoms with Gasteiger partial charge in [0.2, 0.25) is 12.7 Å². The summed E-state index contributed by atoms with van der Waals surface area (Å²) in [5.41, 5.74) is -0.749. The fourth-order valence-electron chi connectivity index (χ4n) is 4.18. The summed E-state index contributed by atoms with van der Waals surface area (Å²) in [5, 5.41) is 14.3. The van der Waals surface area contributed by atoms with Gasteiger partial charge in [-0.3, -0.25) is 14.4 Å². The molecule has 1 fully saturated rings. The second-order valence-electron chi connectivity index (χ2n) is 8.50. The van der Waals surface area contributed by atoms with E-state index in [-0.39, 0.29) is 24.6 Å². The largest absolute Gasteiger partial charge is 0.481 e. The van der Waals surface area contributed by atoms with Gasteiger partial charge in [-0.15, -0.1) is 0 Å². The quantitative estimate of drug-likeness (QED) is 0.557. The minimum absolute atomic E-state index is 0.0122. The fraction of sp³-hybridized carbons (Fsp3) is 0.375. The number of carbonyl (C=O) groups is 3. The Kier molecular flexibility index (Phi) is 6.86. The SMILES string of the molecule is O=C(NCc1ccc2c(c1)OCO2)c1cc(C(F)(F)F)ccc1NC(=O)C1CCC(C(=O)O)CC1. The van der Waals surface area contributed by atoms with Crippen LogP contribution in [0.25, 0.3) is 0 Å². The van der Waals surface area contributed by atoms with E-state index in [9.17, 15) is 27.6 Å². The first kappa shape index (κ1) is 24.4. The van der Waals surface area contributed by atoms with Crippen molar-refractivity contribution in [2.24, 2.45) is 11.8 Å². The Morgan fingerprint density at radius 3 is 2.31 bits per heavy atom. The molecule has 1 heterocycles. The predicted octanol–water partition coefficient (Wildman–Crippen LogP) is 4.19. The molecule has 4 rings (SSSR count). The Balaban J connectivity index is 1.49. The molecule has 0 unspecified atom stereocenters. The number of carbonyl (C=O) groups excluding carboxylic acids is 2. The molecule has 2 aromatic rings. The zero-order chi connectivity index (χ0) is 25.2. The summed E-state index contributed by atoms with van der Waals surface area (Å²) in [6, 6.07) is 7.57. The summed E-state index contributed by atoms with van der Waals surface area (Å²) in [5.74, 6) is -2.10. The standard InChI is InChI=1S/C24H23F3N2O6/c25-24(26,27)16-6-7-18(29-21(30)14-2-4-15(5-3-14)23(32)33)17(10-16)22(31)28-11-13-1-8-19-20(9-13)35-12-34-19/h1,6-10,14-15H,2-5,11-12H2,(H,28,31)(H,29,30)(H,32,33). The molecule has 8 nitrogen and oxygen atoms in total. The number of fused-ring (bicyclic) bond motifs is 1. The average molecular weight is 492 g/mol. The third-order valence-electron chi connectivity index (χ3n) is 6.19. The average Bonchev–Trinajstić information content (AvgIpc) is 3.30. The van der Waals surface area contributed by atoms with Crippen LogP contribution in [0.2, 0.25) is 0 Å². The first-order chi connectivity index (χ1) is 16.6. The second kappa shape index (κ2) is 9.85. The summed E-state index contributed by atoms with van der Waals surface area (Å²) in [7, 11) is 0.